The quantitative estimate of drug-likeness (QED) is 0.771. The molecular weight excluding hydrogens is 240 g/mol. The van der Waals surface area contributed by atoms with Crippen molar-refractivity contribution < 1.29 is 0 Å². The molecule has 0 spiro atoms. The van der Waals surface area contributed by atoms with Gasteiger partial charge in [-0.25, -0.2) is 0 Å². The van der Waals surface area contributed by atoms with Crippen molar-refractivity contribution >= 4 is 11.8 Å². The number of rotatable bonds is 6. The molecule has 2 N–H and O–H groups in total. The van der Waals surface area contributed by atoms with Gasteiger partial charge in [0.15, 0.2) is 0 Å². The van der Waals surface area contributed by atoms with E-state index in [1.54, 1.807) is 0 Å². The molecule has 2 nitrogen and oxygen atoms in total. The summed E-state index contributed by atoms with van der Waals surface area (Å²) in [5.74, 6) is 0. The van der Waals surface area contributed by atoms with Crippen molar-refractivity contribution in [3.8, 4) is 0 Å². The molecule has 0 aliphatic heterocycles. The molecule has 1 aromatic rings. The number of likely N-dealkylation sites (N-methyl/N-ethyl adjacent to an activating group) is 2. The molecule has 0 fully saturated rings. The Morgan fingerprint density at radius 1 is 1.06 bits per heavy atom. The Balaban J connectivity index is 2.89. The van der Waals surface area contributed by atoms with Crippen LogP contribution in [0.25, 0.3) is 0 Å². The Hall–Kier alpha value is -0.510. The van der Waals surface area contributed by atoms with E-state index in [1.165, 1.54) is 10.5 Å². The van der Waals surface area contributed by atoms with E-state index < -0.39 is 0 Å². The molecule has 1 atom stereocenters. The fourth-order valence-electron chi connectivity index (χ4n) is 2.10. The molecular formula is C15H26N2S. The molecule has 0 saturated heterocycles. The number of hydrogen-bond donors (Lipinski definition) is 2. The summed E-state index contributed by atoms with van der Waals surface area (Å²) in [6, 6.07) is 9.20. The molecule has 0 aliphatic carbocycles. The third kappa shape index (κ3) is 4.01. The maximum Gasteiger partial charge on any atom is 0.0497 e. The minimum atomic E-state index is 0.0292. The summed E-state index contributed by atoms with van der Waals surface area (Å²) < 4.78 is 0. The van der Waals surface area contributed by atoms with Gasteiger partial charge in [-0.3, -0.25) is 0 Å². The van der Waals surface area contributed by atoms with Crippen molar-refractivity contribution in [3.63, 3.8) is 0 Å². The summed E-state index contributed by atoms with van der Waals surface area (Å²) in [5, 5.41) is 7.40. The highest BCUT2D eigenvalue weighted by Gasteiger charge is 2.27. The van der Waals surface area contributed by atoms with E-state index >= 15 is 0 Å². The van der Waals surface area contributed by atoms with Crippen LogP contribution in [0.5, 0.6) is 0 Å². The molecule has 0 saturated carbocycles. The lowest BCUT2D eigenvalue weighted by Crippen LogP contribution is -2.47. The molecule has 0 aliphatic rings. The third-order valence-electron chi connectivity index (χ3n) is 3.24. The zero-order valence-electron chi connectivity index (χ0n) is 12.4. The van der Waals surface area contributed by atoms with Crippen LogP contribution in [-0.2, 0) is 0 Å². The zero-order valence-corrected chi connectivity index (χ0v) is 13.2. The summed E-state index contributed by atoms with van der Waals surface area (Å²) in [6.07, 6.45) is 0. The minimum Gasteiger partial charge on any atom is -0.313 e. The van der Waals surface area contributed by atoms with E-state index in [0.717, 1.165) is 0 Å². The van der Waals surface area contributed by atoms with Crippen LogP contribution in [0.15, 0.2) is 29.2 Å². The van der Waals surface area contributed by atoms with Gasteiger partial charge in [0, 0.05) is 21.7 Å². The fourth-order valence-corrected chi connectivity index (χ4v) is 2.94. The van der Waals surface area contributed by atoms with Crippen LogP contribution in [0.3, 0.4) is 0 Å². The molecule has 0 radical (unpaired) electrons. The second-order valence-corrected chi connectivity index (χ2v) is 7.08. The summed E-state index contributed by atoms with van der Waals surface area (Å²) in [6.45, 7) is 8.87. The van der Waals surface area contributed by atoms with Gasteiger partial charge in [0.05, 0.1) is 0 Å². The standard InChI is InChI=1S/C15H26N2S/c1-11(2)18-13-9-7-12(8-10-13)14(16-5)15(3,4)17-6/h7-11,14,16-17H,1-6H3. The Morgan fingerprint density at radius 3 is 2.00 bits per heavy atom. The Labute approximate surface area is 116 Å². The van der Waals surface area contributed by atoms with Crippen molar-refractivity contribution in [2.24, 2.45) is 0 Å². The van der Waals surface area contributed by atoms with Gasteiger partial charge in [0.2, 0.25) is 0 Å². The van der Waals surface area contributed by atoms with Crippen LogP contribution in [0, 0.1) is 0 Å². The maximum absolute atomic E-state index is 3.40. The van der Waals surface area contributed by atoms with Gasteiger partial charge in [-0.1, -0.05) is 26.0 Å². The van der Waals surface area contributed by atoms with Crippen molar-refractivity contribution in [2.45, 2.75) is 49.4 Å². The molecule has 3 heteroatoms. The van der Waals surface area contributed by atoms with Crippen LogP contribution >= 0.6 is 11.8 Å². The van der Waals surface area contributed by atoms with Gasteiger partial charge < -0.3 is 10.6 Å². The van der Waals surface area contributed by atoms with E-state index in [9.17, 15) is 0 Å². The number of nitrogens with one attached hydrogen (secondary N) is 2. The van der Waals surface area contributed by atoms with Crippen LogP contribution < -0.4 is 10.6 Å². The average molecular weight is 266 g/mol. The SMILES string of the molecule is CNC(c1ccc(SC(C)C)cc1)C(C)(C)NC. The highest BCUT2D eigenvalue weighted by atomic mass is 32.2. The highest BCUT2D eigenvalue weighted by Crippen LogP contribution is 2.28. The second-order valence-electron chi connectivity index (χ2n) is 5.43. The van der Waals surface area contributed by atoms with Crippen LogP contribution in [0.4, 0.5) is 0 Å². The van der Waals surface area contributed by atoms with Gasteiger partial charge in [0.1, 0.15) is 0 Å². The van der Waals surface area contributed by atoms with Gasteiger partial charge >= 0.3 is 0 Å². The normalized spacial score (nSPS) is 13.9. The molecule has 0 aromatic heterocycles. The first kappa shape index (κ1) is 15.5. The monoisotopic (exact) mass is 266 g/mol. The molecule has 0 heterocycles. The lowest BCUT2D eigenvalue weighted by Gasteiger charge is -2.34. The first-order valence-corrected chi connectivity index (χ1v) is 7.41. The van der Waals surface area contributed by atoms with Gasteiger partial charge in [0.25, 0.3) is 0 Å². The molecule has 0 bridgehead atoms. The number of thioether (sulfide) groups is 1. The van der Waals surface area contributed by atoms with Crippen LogP contribution in [-0.4, -0.2) is 24.9 Å². The first-order valence-electron chi connectivity index (χ1n) is 6.53. The van der Waals surface area contributed by atoms with E-state index in [2.05, 4.69) is 62.6 Å². The molecule has 1 unspecified atom stereocenters. The van der Waals surface area contributed by atoms with Gasteiger partial charge in [-0.2, -0.15) is 0 Å². The lowest BCUT2D eigenvalue weighted by molar-refractivity contribution is 0.311. The van der Waals surface area contributed by atoms with Crippen LogP contribution in [0.1, 0.15) is 39.3 Å². The molecule has 0 amide bonds. The largest absolute Gasteiger partial charge is 0.313 e. The highest BCUT2D eigenvalue weighted by molar-refractivity contribution is 7.99. The number of benzene rings is 1. The molecule has 1 aromatic carbocycles. The third-order valence-corrected chi connectivity index (χ3v) is 4.26. The topological polar surface area (TPSA) is 24.1 Å². The molecule has 102 valence electrons. The van der Waals surface area contributed by atoms with E-state index in [-0.39, 0.29) is 5.54 Å². The fraction of sp³-hybridized carbons (Fsp3) is 0.600. The lowest BCUT2D eigenvalue weighted by atomic mass is 9.89. The Morgan fingerprint density at radius 2 is 1.61 bits per heavy atom. The van der Waals surface area contributed by atoms with Crippen molar-refractivity contribution in [1.82, 2.24) is 10.6 Å². The maximum atomic E-state index is 3.40. The Kier molecular flexibility index (Phi) is 5.70. The Bertz CT molecular complexity index is 357. The average Bonchev–Trinajstić information content (AvgIpc) is 2.31. The minimum absolute atomic E-state index is 0.0292. The predicted octanol–water partition coefficient (Wildman–Crippen LogP) is 3.45. The van der Waals surface area contributed by atoms with Crippen molar-refractivity contribution in [3.05, 3.63) is 29.8 Å². The van der Waals surface area contributed by atoms with Crippen molar-refractivity contribution in [1.29, 1.82) is 0 Å². The summed E-state index contributed by atoms with van der Waals surface area (Å²) in [4.78, 5) is 1.34. The molecule has 18 heavy (non-hydrogen) atoms. The van der Waals surface area contributed by atoms with E-state index in [0.29, 0.717) is 11.3 Å². The van der Waals surface area contributed by atoms with Crippen LogP contribution in [0.2, 0.25) is 0 Å². The molecule has 1 rings (SSSR count). The zero-order chi connectivity index (χ0) is 13.8. The predicted molar refractivity (Wildman–Crippen MR) is 82.4 cm³/mol. The second kappa shape index (κ2) is 6.60. The summed E-state index contributed by atoms with van der Waals surface area (Å²) in [7, 11) is 4.02. The van der Waals surface area contributed by atoms with Crippen molar-refractivity contribution in [2.75, 3.05) is 14.1 Å². The summed E-state index contributed by atoms with van der Waals surface area (Å²) in [5.41, 5.74) is 1.35. The first-order chi connectivity index (χ1) is 8.40. The number of hydrogen-bond acceptors (Lipinski definition) is 3. The van der Waals surface area contributed by atoms with E-state index in [4.69, 9.17) is 0 Å². The van der Waals surface area contributed by atoms with Gasteiger partial charge in [-0.05, 0) is 45.6 Å². The summed E-state index contributed by atoms with van der Waals surface area (Å²) >= 11 is 1.90. The smallest absolute Gasteiger partial charge is 0.0497 e. The van der Waals surface area contributed by atoms with Gasteiger partial charge in [-0.15, -0.1) is 11.8 Å². The van der Waals surface area contributed by atoms with E-state index in [1.807, 2.05) is 25.9 Å².